The van der Waals surface area contributed by atoms with Gasteiger partial charge >= 0.3 is 5.97 Å². The van der Waals surface area contributed by atoms with Crippen LogP contribution in [0.1, 0.15) is 16.7 Å². The van der Waals surface area contributed by atoms with Crippen LogP contribution in [-0.4, -0.2) is 27.0 Å². The fourth-order valence-electron chi connectivity index (χ4n) is 5.62. The highest BCUT2D eigenvalue weighted by Crippen LogP contribution is 2.76. The molecule has 0 amide bonds. The lowest BCUT2D eigenvalue weighted by atomic mass is 9.83. The van der Waals surface area contributed by atoms with E-state index >= 15 is 0 Å². The molecule has 1 saturated carbocycles. The van der Waals surface area contributed by atoms with E-state index in [4.69, 9.17) is 4.74 Å². The van der Waals surface area contributed by atoms with Gasteiger partial charge in [0.25, 0.3) is 10.0 Å². The number of carbonyl (C=O) groups excluding carboxylic acids is 1. The van der Waals surface area contributed by atoms with E-state index in [2.05, 4.69) is 0 Å². The first kappa shape index (κ1) is 17.7. The van der Waals surface area contributed by atoms with Gasteiger partial charge in [-0.2, -0.15) is 0 Å². The molecule has 0 unspecified atom stereocenters. The standard InChI is InChI=1S/C24H19NO4S/c1-16-11-13-18(14-12-16)30(27,28)25-20-10-6-5-9-19(20)23-15-29-22(26)24(23,21(23)25)17-7-3-2-4-8-17/h2-14,21H,15H2,1H3/t21-,23+,24-/m0/s1. The van der Waals surface area contributed by atoms with Crippen LogP contribution in [0.4, 0.5) is 5.69 Å². The van der Waals surface area contributed by atoms with Gasteiger partial charge in [-0.05, 0) is 36.2 Å². The third-order valence-electron chi connectivity index (χ3n) is 6.91. The minimum Gasteiger partial charge on any atom is -0.464 e. The Morgan fingerprint density at radius 3 is 2.33 bits per heavy atom. The summed E-state index contributed by atoms with van der Waals surface area (Å²) in [6, 6.07) is 23.2. The largest absolute Gasteiger partial charge is 0.464 e. The van der Waals surface area contributed by atoms with Crippen LogP contribution in [0.2, 0.25) is 0 Å². The van der Waals surface area contributed by atoms with E-state index in [9.17, 15) is 13.2 Å². The molecule has 2 aliphatic heterocycles. The molecule has 150 valence electrons. The van der Waals surface area contributed by atoms with Crippen molar-refractivity contribution in [3.8, 4) is 0 Å². The number of sulfonamides is 1. The fourth-order valence-corrected chi connectivity index (χ4v) is 7.36. The number of hydrogen-bond acceptors (Lipinski definition) is 4. The van der Waals surface area contributed by atoms with Gasteiger partial charge in [0, 0.05) is 0 Å². The number of para-hydroxylation sites is 1. The van der Waals surface area contributed by atoms with Crippen LogP contribution >= 0.6 is 0 Å². The zero-order chi connectivity index (χ0) is 20.7. The van der Waals surface area contributed by atoms with E-state index < -0.39 is 26.9 Å². The molecule has 0 aromatic heterocycles. The Morgan fingerprint density at radius 1 is 0.933 bits per heavy atom. The van der Waals surface area contributed by atoms with E-state index in [0.717, 1.165) is 16.7 Å². The maximum Gasteiger partial charge on any atom is 0.319 e. The molecule has 2 fully saturated rings. The Bertz CT molecular complexity index is 1300. The molecule has 5 nitrogen and oxygen atoms in total. The summed E-state index contributed by atoms with van der Waals surface area (Å²) in [6.45, 7) is 2.10. The molecule has 1 spiro atoms. The molecule has 3 aromatic carbocycles. The zero-order valence-corrected chi connectivity index (χ0v) is 17.1. The van der Waals surface area contributed by atoms with Gasteiger partial charge in [-0.3, -0.25) is 9.10 Å². The monoisotopic (exact) mass is 417 g/mol. The summed E-state index contributed by atoms with van der Waals surface area (Å²) < 4.78 is 34.7. The summed E-state index contributed by atoms with van der Waals surface area (Å²) in [5.74, 6) is -0.350. The Morgan fingerprint density at radius 2 is 1.60 bits per heavy atom. The van der Waals surface area contributed by atoms with Crippen LogP contribution in [0.5, 0.6) is 0 Å². The lowest BCUT2D eigenvalue weighted by Crippen LogP contribution is -2.40. The molecule has 3 aromatic rings. The van der Waals surface area contributed by atoms with Gasteiger partial charge in [-0.15, -0.1) is 0 Å². The second kappa shape index (κ2) is 5.52. The molecule has 3 aliphatic rings. The van der Waals surface area contributed by atoms with Crippen molar-refractivity contribution in [2.24, 2.45) is 0 Å². The number of ether oxygens (including phenoxy) is 1. The molecular weight excluding hydrogens is 398 g/mol. The van der Waals surface area contributed by atoms with Gasteiger partial charge in [0.1, 0.15) is 12.0 Å². The number of carbonyl (C=O) groups is 1. The summed E-state index contributed by atoms with van der Waals surface area (Å²) >= 11 is 0. The molecule has 6 rings (SSSR count). The fraction of sp³-hybridized carbons (Fsp3) is 0.208. The van der Waals surface area contributed by atoms with Crippen molar-refractivity contribution in [2.75, 3.05) is 10.9 Å². The minimum atomic E-state index is -3.87. The highest BCUT2D eigenvalue weighted by atomic mass is 32.2. The van der Waals surface area contributed by atoms with Crippen LogP contribution in [0.25, 0.3) is 0 Å². The number of cyclic esters (lactones) is 1. The molecule has 1 aliphatic carbocycles. The number of anilines is 1. The van der Waals surface area contributed by atoms with E-state index in [-0.39, 0.29) is 17.5 Å². The van der Waals surface area contributed by atoms with Gasteiger partial charge in [0.2, 0.25) is 0 Å². The van der Waals surface area contributed by atoms with Gasteiger partial charge < -0.3 is 4.74 Å². The van der Waals surface area contributed by atoms with Crippen LogP contribution in [0, 0.1) is 6.92 Å². The summed E-state index contributed by atoms with van der Waals surface area (Å²) in [5, 5.41) is 0. The first-order valence-corrected chi connectivity index (χ1v) is 11.3. The van der Waals surface area contributed by atoms with E-state index in [1.807, 2.05) is 61.5 Å². The first-order chi connectivity index (χ1) is 14.5. The maximum atomic E-state index is 13.8. The van der Waals surface area contributed by atoms with Gasteiger partial charge in [0.05, 0.1) is 22.0 Å². The van der Waals surface area contributed by atoms with Crippen molar-refractivity contribution < 1.29 is 17.9 Å². The van der Waals surface area contributed by atoms with Crippen molar-refractivity contribution in [1.82, 2.24) is 0 Å². The molecule has 2 heterocycles. The van der Waals surface area contributed by atoms with E-state index in [1.165, 1.54) is 4.31 Å². The van der Waals surface area contributed by atoms with Crippen molar-refractivity contribution >= 4 is 21.7 Å². The first-order valence-electron chi connectivity index (χ1n) is 9.89. The van der Waals surface area contributed by atoms with Crippen LogP contribution in [0.3, 0.4) is 0 Å². The summed E-state index contributed by atoms with van der Waals surface area (Å²) in [4.78, 5) is 13.4. The Balaban J connectivity index is 1.62. The van der Waals surface area contributed by atoms with Gasteiger partial charge in [-0.25, -0.2) is 8.42 Å². The number of nitrogens with zero attached hydrogens (tertiary/aromatic N) is 1. The molecule has 30 heavy (non-hydrogen) atoms. The molecule has 0 N–H and O–H groups in total. The van der Waals surface area contributed by atoms with E-state index in [1.54, 1.807) is 24.3 Å². The van der Waals surface area contributed by atoms with Crippen molar-refractivity contribution in [3.63, 3.8) is 0 Å². The van der Waals surface area contributed by atoms with Crippen LogP contribution in [-0.2, 0) is 30.4 Å². The number of aryl methyl sites for hydroxylation is 1. The van der Waals surface area contributed by atoms with Gasteiger partial charge in [0.15, 0.2) is 0 Å². The summed E-state index contributed by atoms with van der Waals surface area (Å²) in [7, 11) is -3.87. The number of hydrogen-bond donors (Lipinski definition) is 0. The Kier molecular flexibility index (Phi) is 3.26. The normalized spacial score (nSPS) is 28.5. The lowest BCUT2D eigenvalue weighted by Gasteiger charge is -2.27. The molecule has 0 bridgehead atoms. The van der Waals surface area contributed by atoms with Gasteiger partial charge in [-0.1, -0.05) is 66.2 Å². The third kappa shape index (κ3) is 1.80. The SMILES string of the molecule is Cc1ccc(S(=O)(=O)N2c3ccccc3[C@@]34COC(=O)[C@]3(c3ccccc3)[C@@H]24)cc1. The predicted octanol–water partition coefficient (Wildman–Crippen LogP) is 3.32. The number of benzene rings is 3. The molecule has 6 heteroatoms. The van der Waals surface area contributed by atoms with Crippen molar-refractivity contribution in [1.29, 1.82) is 0 Å². The van der Waals surface area contributed by atoms with Crippen molar-refractivity contribution in [2.45, 2.75) is 28.7 Å². The molecular formula is C24H19NO4S. The topological polar surface area (TPSA) is 63.7 Å². The quantitative estimate of drug-likeness (QED) is 0.614. The zero-order valence-electron chi connectivity index (χ0n) is 16.3. The molecule has 1 saturated heterocycles. The number of rotatable bonds is 3. The van der Waals surface area contributed by atoms with Crippen LogP contribution < -0.4 is 4.31 Å². The molecule has 3 atom stereocenters. The Labute approximate surface area is 175 Å². The molecule has 0 radical (unpaired) electrons. The average Bonchev–Trinajstić information content (AvgIpc) is 3.05. The second-order valence-corrected chi connectivity index (χ2v) is 10.1. The average molecular weight is 417 g/mol. The lowest BCUT2D eigenvalue weighted by molar-refractivity contribution is -0.142. The summed E-state index contributed by atoms with van der Waals surface area (Å²) in [5.41, 5.74) is 1.57. The van der Waals surface area contributed by atoms with Crippen molar-refractivity contribution in [3.05, 3.63) is 95.6 Å². The highest BCUT2D eigenvalue weighted by molar-refractivity contribution is 7.93. The minimum absolute atomic E-state index is 0.183. The smallest absolute Gasteiger partial charge is 0.319 e. The second-order valence-electron chi connectivity index (χ2n) is 8.26. The number of fused-ring (bicyclic) bond motifs is 2. The maximum absolute atomic E-state index is 13.8. The van der Waals surface area contributed by atoms with E-state index in [0.29, 0.717) is 5.69 Å². The summed E-state index contributed by atoms with van der Waals surface area (Å²) in [6.07, 6.45) is 0. The predicted molar refractivity (Wildman–Crippen MR) is 112 cm³/mol. The van der Waals surface area contributed by atoms with Crippen LogP contribution in [0.15, 0.2) is 83.8 Å². The third-order valence-corrected chi connectivity index (χ3v) is 8.71. The Hall–Kier alpha value is -3.12. The highest BCUT2D eigenvalue weighted by Gasteiger charge is 2.92. The number of esters is 1.